The standard InChI is InChI=1S/C14H20N2O2S/c1-10(2)18-12-5-3-4-11(6-12)7-15-14(17)13-8-19-9-16-13/h3-6,10,13,16H,7-9H2,1-2H3,(H,15,17)/t13-/m1/s1. The van der Waals surface area contributed by atoms with Crippen molar-refractivity contribution in [1.29, 1.82) is 0 Å². The van der Waals surface area contributed by atoms with Gasteiger partial charge in [-0.15, -0.1) is 11.8 Å². The highest BCUT2D eigenvalue weighted by molar-refractivity contribution is 7.99. The summed E-state index contributed by atoms with van der Waals surface area (Å²) >= 11 is 1.75. The Kier molecular flexibility index (Phi) is 5.10. The second-order valence-electron chi connectivity index (χ2n) is 4.80. The van der Waals surface area contributed by atoms with Crippen LogP contribution in [0.15, 0.2) is 24.3 Å². The molecule has 1 amide bonds. The van der Waals surface area contributed by atoms with Crippen molar-refractivity contribution >= 4 is 17.7 Å². The number of carbonyl (C=O) groups is 1. The van der Waals surface area contributed by atoms with Gasteiger partial charge < -0.3 is 10.1 Å². The number of ether oxygens (including phenoxy) is 1. The van der Waals surface area contributed by atoms with E-state index in [1.807, 2.05) is 38.1 Å². The van der Waals surface area contributed by atoms with E-state index in [9.17, 15) is 4.79 Å². The average Bonchev–Trinajstić information content (AvgIpc) is 2.89. The number of nitrogens with one attached hydrogen (secondary N) is 2. The molecular weight excluding hydrogens is 260 g/mol. The fourth-order valence-corrected chi connectivity index (χ4v) is 2.82. The van der Waals surface area contributed by atoms with Crippen molar-refractivity contribution in [1.82, 2.24) is 10.6 Å². The quantitative estimate of drug-likeness (QED) is 0.863. The van der Waals surface area contributed by atoms with Gasteiger partial charge in [0.25, 0.3) is 0 Å². The molecule has 1 aromatic rings. The van der Waals surface area contributed by atoms with E-state index in [0.717, 1.165) is 22.9 Å². The fourth-order valence-electron chi connectivity index (χ4n) is 1.88. The van der Waals surface area contributed by atoms with E-state index in [1.54, 1.807) is 11.8 Å². The van der Waals surface area contributed by atoms with Crippen molar-refractivity contribution in [3.63, 3.8) is 0 Å². The SMILES string of the molecule is CC(C)Oc1cccc(CNC(=O)[C@H]2CSCN2)c1. The summed E-state index contributed by atoms with van der Waals surface area (Å²) in [5.74, 6) is 2.62. The van der Waals surface area contributed by atoms with Gasteiger partial charge in [-0.2, -0.15) is 0 Å². The largest absolute Gasteiger partial charge is 0.491 e. The first kappa shape index (κ1) is 14.2. The van der Waals surface area contributed by atoms with Crippen molar-refractivity contribution in [2.45, 2.75) is 32.5 Å². The molecule has 0 bridgehead atoms. The highest BCUT2D eigenvalue weighted by atomic mass is 32.2. The molecule has 1 atom stereocenters. The van der Waals surface area contributed by atoms with E-state index in [0.29, 0.717) is 6.54 Å². The normalized spacial score (nSPS) is 18.6. The molecule has 104 valence electrons. The van der Waals surface area contributed by atoms with E-state index in [1.165, 1.54) is 0 Å². The van der Waals surface area contributed by atoms with Crippen LogP contribution in [0.5, 0.6) is 5.75 Å². The number of hydrogen-bond acceptors (Lipinski definition) is 4. The lowest BCUT2D eigenvalue weighted by Gasteiger charge is -2.13. The van der Waals surface area contributed by atoms with Crippen LogP contribution in [-0.2, 0) is 11.3 Å². The molecule has 0 saturated carbocycles. The van der Waals surface area contributed by atoms with Gasteiger partial charge in [-0.25, -0.2) is 0 Å². The zero-order valence-electron chi connectivity index (χ0n) is 11.3. The zero-order chi connectivity index (χ0) is 13.7. The Morgan fingerprint density at radius 2 is 2.42 bits per heavy atom. The Bertz CT molecular complexity index is 431. The number of rotatable bonds is 5. The van der Waals surface area contributed by atoms with Crippen LogP contribution < -0.4 is 15.4 Å². The van der Waals surface area contributed by atoms with Crippen LogP contribution in [0, 0.1) is 0 Å². The van der Waals surface area contributed by atoms with Gasteiger partial charge in [0.15, 0.2) is 0 Å². The summed E-state index contributed by atoms with van der Waals surface area (Å²) < 4.78 is 5.63. The van der Waals surface area contributed by atoms with Gasteiger partial charge in [-0.1, -0.05) is 12.1 Å². The smallest absolute Gasteiger partial charge is 0.238 e. The molecular formula is C14H20N2O2S. The van der Waals surface area contributed by atoms with Gasteiger partial charge in [0, 0.05) is 18.2 Å². The second kappa shape index (κ2) is 6.82. The minimum Gasteiger partial charge on any atom is -0.491 e. The number of carbonyl (C=O) groups excluding carboxylic acids is 1. The first-order valence-corrected chi connectivity index (χ1v) is 7.65. The Balaban J connectivity index is 1.86. The van der Waals surface area contributed by atoms with E-state index in [2.05, 4.69) is 10.6 Å². The van der Waals surface area contributed by atoms with Crippen molar-refractivity contribution in [2.24, 2.45) is 0 Å². The number of benzene rings is 1. The third-order valence-electron chi connectivity index (χ3n) is 2.77. The summed E-state index contributed by atoms with van der Waals surface area (Å²) in [6.45, 7) is 4.53. The maximum absolute atomic E-state index is 11.9. The Morgan fingerprint density at radius 3 is 3.11 bits per heavy atom. The van der Waals surface area contributed by atoms with Crippen LogP contribution in [0.1, 0.15) is 19.4 Å². The topological polar surface area (TPSA) is 50.4 Å². The molecule has 5 heteroatoms. The monoisotopic (exact) mass is 280 g/mol. The minimum absolute atomic E-state index is 0.0555. The number of hydrogen-bond donors (Lipinski definition) is 2. The van der Waals surface area contributed by atoms with Gasteiger partial charge in [0.1, 0.15) is 5.75 Å². The third kappa shape index (κ3) is 4.44. The van der Waals surface area contributed by atoms with Crippen LogP contribution in [0.2, 0.25) is 0 Å². The summed E-state index contributed by atoms with van der Waals surface area (Å²) in [6.07, 6.45) is 0.157. The number of thioether (sulfide) groups is 1. The van der Waals surface area contributed by atoms with Crippen molar-refractivity contribution < 1.29 is 9.53 Å². The van der Waals surface area contributed by atoms with Crippen LogP contribution in [0.25, 0.3) is 0 Å². The molecule has 2 rings (SSSR count). The molecule has 4 nitrogen and oxygen atoms in total. The molecule has 0 unspecified atom stereocenters. The highest BCUT2D eigenvalue weighted by Gasteiger charge is 2.21. The molecule has 2 N–H and O–H groups in total. The lowest BCUT2D eigenvalue weighted by atomic mass is 10.2. The van der Waals surface area contributed by atoms with E-state index in [-0.39, 0.29) is 18.1 Å². The number of amides is 1. The van der Waals surface area contributed by atoms with E-state index >= 15 is 0 Å². The fraction of sp³-hybridized carbons (Fsp3) is 0.500. The lowest BCUT2D eigenvalue weighted by Crippen LogP contribution is -2.41. The van der Waals surface area contributed by atoms with Crippen LogP contribution in [-0.4, -0.2) is 29.7 Å². The minimum atomic E-state index is -0.0555. The Morgan fingerprint density at radius 1 is 1.58 bits per heavy atom. The zero-order valence-corrected chi connectivity index (χ0v) is 12.1. The molecule has 1 aromatic carbocycles. The molecule has 0 spiro atoms. The Labute approximate surface area is 118 Å². The predicted molar refractivity (Wildman–Crippen MR) is 78.3 cm³/mol. The molecule has 1 heterocycles. The van der Waals surface area contributed by atoms with E-state index in [4.69, 9.17) is 4.74 Å². The van der Waals surface area contributed by atoms with Gasteiger partial charge in [0.05, 0.1) is 12.1 Å². The summed E-state index contributed by atoms with van der Waals surface area (Å²) in [5, 5.41) is 6.11. The van der Waals surface area contributed by atoms with Gasteiger partial charge in [-0.05, 0) is 31.5 Å². The van der Waals surface area contributed by atoms with Gasteiger partial charge >= 0.3 is 0 Å². The molecule has 1 aliphatic heterocycles. The van der Waals surface area contributed by atoms with Crippen LogP contribution >= 0.6 is 11.8 Å². The molecule has 0 radical (unpaired) electrons. The van der Waals surface area contributed by atoms with Gasteiger partial charge in [0.2, 0.25) is 5.91 Å². The first-order chi connectivity index (χ1) is 9.15. The van der Waals surface area contributed by atoms with Crippen molar-refractivity contribution in [2.75, 3.05) is 11.6 Å². The maximum atomic E-state index is 11.9. The third-order valence-corrected chi connectivity index (χ3v) is 3.71. The summed E-state index contributed by atoms with van der Waals surface area (Å²) in [7, 11) is 0. The molecule has 19 heavy (non-hydrogen) atoms. The van der Waals surface area contributed by atoms with Crippen molar-refractivity contribution in [3.05, 3.63) is 29.8 Å². The van der Waals surface area contributed by atoms with Gasteiger partial charge in [-0.3, -0.25) is 10.1 Å². The molecule has 1 saturated heterocycles. The van der Waals surface area contributed by atoms with E-state index < -0.39 is 0 Å². The average molecular weight is 280 g/mol. The summed E-state index contributed by atoms with van der Waals surface area (Å²) in [4.78, 5) is 11.9. The van der Waals surface area contributed by atoms with Crippen LogP contribution in [0.3, 0.4) is 0 Å². The molecule has 0 aromatic heterocycles. The summed E-state index contributed by atoms with van der Waals surface area (Å²) in [5.41, 5.74) is 1.05. The molecule has 0 aliphatic carbocycles. The van der Waals surface area contributed by atoms with Crippen molar-refractivity contribution in [3.8, 4) is 5.75 Å². The Hall–Kier alpha value is -1.20. The highest BCUT2D eigenvalue weighted by Crippen LogP contribution is 2.15. The second-order valence-corrected chi connectivity index (χ2v) is 5.83. The summed E-state index contributed by atoms with van der Waals surface area (Å²) in [6, 6.07) is 7.78. The first-order valence-electron chi connectivity index (χ1n) is 6.49. The lowest BCUT2D eigenvalue weighted by molar-refractivity contribution is -0.122. The molecule has 1 fully saturated rings. The predicted octanol–water partition coefficient (Wildman–Crippen LogP) is 1.75. The van der Waals surface area contributed by atoms with Crippen LogP contribution in [0.4, 0.5) is 0 Å². The molecule has 1 aliphatic rings. The maximum Gasteiger partial charge on any atom is 0.238 e.